The van der Waals surface area contributed by atoms with Crippen molar-refractivity contribution in [3.63, 3.8) is 0 Å². The first-order valence-corrected chi connectivity index (χ1v) is 6.08. The van der Waals surface area contributed by atoms with E-state index in [1.165, 1.54) is 4.88 Å². The van der Waals surface area contributed by atoms with Crippen LogP contribution in [0.1, 0.15) is 31.2 Å². The predicted octanol–water partition coefficient (Wildman–Crippen LogP) is 3.90. The first-order valence-electron chi connectivity index (χ1n) is 5.27. The van der Waals surface area contributed by atoms with Crippen LogP contribution in [0, 0.1) is 20.8 Å². The summed E-state index contributed by atoms with van der Waals surface area (Å²) in [5.74, 6) is 0.147. The first kappa shape index (κ1) is 11.1. The van der Waals surface area contributed by atoms with Crippen molar-refractivity contribution in [2.24, 2.45) is 0 Å². The number of rotatable bonds is 2. The maximum absolute atomic E-state index is 12.3. The topological polar surface area (TPSA) is 17.1 Å². The van der Waals surface area contributed by atoms with Gasteiger partial charge in [0.25, 0.3) is 0 Å². The predicted molar refractivity (Wildman–Crippen MR) is 68.4 cm³/mol. The summed E-state index contributed by atoms with van der Waals surface area (Å²) >= 11 is 1.56. The van der Waals surface area contributed by atoms with Crippen molar-refractivity contribution in [1.82, 2.24) is 0 Å². The molecule has 0 saturated heterocycles. The van der Waals surface area contributed by atoms with E-state index in [9.17, 15) is 4.79 Å². The highest BCUT2D eigenvalue weighted by Crippen LogP contribution is 2.23. The minimum Gasteiger partial charge on any atom is -0.288 e. The minimum atomic E-state index is 0.147. The molecule has 1 aromatic heterocycles. The lowest BCUT2D eigenvalue weighted by Gasteiger charge is -2.06. The summed E-state index contributed by atoms with van der Waals surface area (Å²) in [6.07, 6.45) is 0. The van der Waals surface area contributed by atoms with Crippen LogP contribution in [-0.4, -0.2) is 5.78 Å². The highest BCUT2D eigenvalue weighted by Gasteiger charge is 2.15. The zero-order chi connectivity index (χ0) is 11.7. The van der Waals surface area contributed by atoms with Crippen LogP contribution in [0.5, 0.6) is 0 Å². The summed E-state index contributed by atoms with van der Waals surface area (Å²) in [4.78, 5) is 14.3. The van der Waals surface area contributed by atoms with E-state index in [4.69, 9.17) is 0 Å². The maximum atomic E-state index is 12.3. The second-order valence-electron chi connectivity index (χ2n) is 4.01. The van der Waals surface area contributed by atoms with E-state index in [-0.39, 0.29) is 5.78 Å². The Morgan fingerprint density at radius 1 is 1.00 bits per heavy atom. The molecule has 1 heterocycles. The van der Waals surface area contributed by atoms with E-state index in [1.54, 1.807) is 11.3 Å². The zero-order valence-corrected chi connectivity index (χ0v) is 10.5. The highest BCUT2D eigenvalue weighted by molar-refractivity contribution is 7.14. The number of hydrogen-bond donors (Lipinski definition) is 0. The van der Waals surface area contributed by atoms with Crippen molar-refractivity contribution in [2.75, 3.05) is 0 Å². The summed E-state index contributed by atoms with van der Waals surface area (Å²) in [6, 6.07) is 9.86. The Kier molecular flexibility index (Phi) is 2.92. The quantitative estimate of drug-likeness (QED) is 0.715. The average Bonchev–Trinajstić information content (AvgIpc) is 2.64. The minimum absolute atomic E-state index is 0.147. The molecule has 1 nitrogen and oxygen atoms in total. The molecule has 0 saturated carbocycles. The number of benzene rings is 1. The molecule has 82 valence electrons. The van der Waals surface area contributed by atoms with Gasteiger partial charge in [0.05, 0.1) is 4.88 Å². The smallest absolute Gasteiger partial charge is 0.203 e. The Morgan fingerprint density at radius 2 is 1.62 bits per heavy atom. The molecular weight excluding hydrogens is 216 g/mol. The molecule has 1 aromatic carbocycles. The molecule has 2 rings (SSSR count). The molecule has 0 fully saturated rings. The van der Waals surface area contributed by atoms with Crippen LogP contribution in [0.4, 0.5) is 0 Å². The van der Waals surface area contributed by atoms with E-state index in [0.29, 0.717) is 0 Å². The van der Waals surface area contributed by atoms with Crippen LogP contribution in [0.15, 0.2) is 30.3 Å². The van der Waals surface area contributed by atoms with Gasteiger partial charge in [-0.3, -0.25) is 4.79 Å². The Balaban J connectivity index is 2.49. The third-order valence-corrected chi connectivity index (χ3v) is 3.67. The fraction of sp³-hybridized carbons (Fsp3) is 0.214. The average molecular weight is 230 g/mol. The van der Waals surface area contributed by atoms with Gasteiger partial charge < -0.3 is 0 Å². The van der Waals surface area contributed by atoms with Crippen molar-refractivity contribution < 1.29 is 4.79 Å². The Bertz CT molecular complexity index is 517. The lowest BCUT2D eigenvalue weighted by molar-refractivity contribution is 0.104. The normalized spacial score (nSPS) is 10.4. The molecule has 0 aliphatic carbocycles. The van der Waals surface area contributed by atoms with Crippen molar-refractivity contribution in [2.45, 2.75) is 20.8 Å². The van der Waals surface area contributed by atoms with Gasteiger partial charge in [0.15, 0.2) is 0 Å². The molecule has 0 N–H and O–H groups in total. The zero-order valence-electron chi connectivity index (χ0n) is 9.70. The molecule has 0 aliphatic rings. The number of aryl methyl sites for hydroxylation is 3. The fourth-order valence-electron chi connectivity index (χ4n) is 1.85. The largest absolute Gasteiger partial charge is 0.288 e. The van der Waals surface area contributed by atoms with Gasteiger partial charge in [-0.1, -0.05) is 18.2 Å². The van der Waals surface area contributed by atoms with Crippen LogP contribution in [-0.2, 0) is 0 Å². The van der Waals surface area contributed by atoms with Gasteiger partial charge in [-0.05, 0) is 44.0 Å². The lowest BCUT2D eigenvalue weighted by Crippen LogP contribution is -2.04. The lowest BCUT2D eigenvalue weighted by atomic mass is 9.98. The molecular formula is C14H14OS. The van der Waals surface area contributed by atoms with Gasteiger partial charge in [0.2, 0.25) is 5.78 Å². The summed E-state index contributed by atoms with van der Waals surface area (Å²) in [5, 5.41) is 0. The molecule has 0 atom stereocenters. The van der Waals surface area contributed by atoms with Crippen molar-refractivity contribution in [3.05, 3.63) is 56.8 Å². The number of carbonyl (C=O) groups is 1. The molecule has 0 radical (unpaired) electrons. The number of thiophene rings is 1. The number of ketones is 1. The van der Waals surface area contributed by atoms with E-state index in [0.717, 1.165) is 21.6 Å². The summed E-state index contributed by atoms with van der Waals surface area (Å²) < 4.78 is 0. The van der Waals surface area contributed by atoms with Gasteiger partial charge in [-0.15, -0.1) is 11.3 Å². The standard InChI is InChI=1S/C14H14OS/c1-9-5-4-6-10(2)13(9)14(15)12-8-7-11(3)16-12/h4-8H,1-3H3. The third kappa shape index (κ3) is 1.93. The molecule has 0 aliphatic heterocycles. The molecule has 0 unspecified atom stereocenters. The number of carbonyl (C=O) groups excluding carboxylic acids is 1. The fourth-order valence-corrected chi connectivity index (χ4v) is 2.67. The van der Waals surface area contributed by atoms with E-state index < -0.39 is 0 Å². The van der Waals surface area contributed by atoms with E-state index in [1.807, 2.05) is 51.1 Å². The Labute approximate surface area is 99.8 Å². The van der Waals surface area contributed by atoms with Crippen molar-refractivity contribution in [3.8, 4) is 0 Å². The second kappa shape index (κ2) is 4.22. The van der Waals surface area contributed by atoms with Crippen molar-refractivity contribution >= 4 is 17.1 Å². The Morgan fingerprint density at radius 3 is 2.12 bits per heavy atom. The van der Waals surface area contributed by atoms with Gasteiger partial charge in [-0.25, -0.2) is 0 Å². The van der Waals surface area contributed by atoms with Crippen LogP contribution in [0.2, 0.25) is 0 Å². The van der Waals surface area contributed by atoms with Crippen LogP contribution >= 0.6 is 11.3 Å². The summed E-state index contributed by atoms with van der Waals surface area (Å²) in [5.41, 5.74) is 2.96. The van der Waals surface area contributed by atoms with Crippen LogP contribution in [0.25, 0.3) is 0 Å². The monoisotopic (exact) mass is 230 g/mol. The van der Waals surface area contributed by atoms with E-state index >= 15 is 0 Å². The highest BCUT2D eigenvalue weighted by atomic mass is 32.1. The van der Waals surface area contributed by atoms with Gasteiger partial charge in [-0.2, -0.15) is 0 Å². The van der Waals surface area contributed by atoms with E-state index in [2.05, 4.69) is 0 Å². The molecule has 0 amide bonds. The number of hydrogen-bond acceptors (Lipinski definition) is 2. The van der Waals surface area contributed by atoms with Gasteiger partial charge in [0.1, 0.15) is 0 Å². The summed E-state index contributed by atoms with van der Waals surface area (Å²) in [6.45, 7) is 5.99. The van der Waals surface area contributed by atoms with Gasteiger partial charge in [0, 0.05) is 10.4 Å². The SMILES string of the molecule is Cc1ccc(C(=O)c2c(C)cccc2C)s1. The molecule has 0 spiro atoms. The third-order valence-electron chi connectivity index (χ3n) is 2.67. The summed E-state index contributed by atoms with van der Waals surface area (Å²) in [7, 11) is 0. The molecule has 2 aromatic rings. The second-order valence-corrected chi connectivity index (χ2v) is 5.29. The van der Waals surface area contributed by atoms with Crippen LogP contribution in [0.3, 0.4) is 0 Å². The van der Waals surface area contributed by atoms with Crippen molar-refractivity contribution in [1.29, 1.82) is 0 Å². The molecule has 16 heavy (non-hydrogen) atoms. The van der Waals surface area contributed by atoms with Crippen LogP contribution < -0.4 is 0 Å². The first-order chi connectivity index (χ1) is 7.59. The molecule has 0 bridgehead atoms. The van der Waals surface area contributed by atoms with Gasteiger partial charge >= 0.3 is 0 Å². The maximum Gasteiger partial charge on any atom is 0.203 e. The Hall–Kier alpha value is -1.41. The molecule has 2 heteroatoms.